The van der Waals surface area contributed by atoms with Gasteiger partial charge in [0.2, 0.25) is 11.8 Å². The number of nitrogens with zero attached hydrogens (tertiary/aromatic N) is 3. The monoisotopic (exact) mass is 462 g/mol. The fourth-order valence-corrected chi connectivity index (χ4v) is 4.15. The Morgan fingerprint density at radius 1 is 1.33 bits per heavy atom. The third-order valence-corrected chi connectivity index (χ3v) is 6.05. The molecule has 0 radical (unpaired) electrons. The molecule has 3 aromatic rings. The average Bonchev–Trinajstić information content (AvgIpc) is 3.31. The highest BCUT2D eigenvalue weighted by Crippen LogP contribution is 2.33. The summed E-state index contributed by atoms with van der Waals surface area (Å²) in [7, 11) is 0. The number of thiophene rings is 1. The van der Waals surface area contributed by atoms with Crippen molar-refractivity contribution < 1.29 is 18.7 Å². The molecule has 0 fully saturated rings. The molecule has 1 aromatic carbocycles. The minimum atomic E-state index is -0.521. The summed E-state index contributed by atoms with van der Waals surface area (Å²) in [5.74, 6) is -0.598. The van der Waals surface area contributed by atoms with E-state index in [1.54, 1.807) is 38.1 Å². The first kappa shape index (κ1) is 21.8. The third-order valence-electron chi connectivity index (χ3n) is 3.80. The molecule has 0 saturated heterocycles. The molecule has 1 N–H and O–H groups in total. The quantitative estimate of drug-likeness (QED) is 0.401. The zero-order valence-corrected chi connectivity index (χ0v) is 18.3. The number of ether oxygens (including phenoxy) is 1. The minimum Gasteiger partial charge on any atom is -0.462 e. The number of benzene rings is 1. The highest BCUT2D eigenvalue weighted by molar-refractivity contribution is 7.99. The van der Waals surface area contributed by atoms with Gasteiger partial charge in [0, 0.05) is 10.6 Å². The lowest BCUT2D eigenvalue weighted by molar-refractivity contribution is -0.113. The van der Waals surface area contributed by atoms with Crippen molar-refractivity contribution in [2.24, 2.45) is 0 Å². The molecule has 2 aromatic heterocycles. The van der Waals surface area contributed by atoms with E-state index in [0.29, 0.717) is 31.9 Å². The lowest BCUT2D eigenvalue weighted by Crippen LogP contribution is -2.13. The van der Waals surface area contributed by atoms with E-state index in [0.717, 1.165) is 23.1 Å². The summed E-state index contributed by atoms with van der Waals surface area (Å²) >= 11 is 7.93. The molecule has 0 bridgehead atoms. The van der Waals surface area contributed by atoms with E-state index in [-0.39, 0.29) is 29.1 Å². The molecule has 0 spiro atoms. The van der Waals surface area contributed by atoms with Crippen LogP contribution in [0.3, 0.4) is 0 Å². The molecule has 1 amide bonds. The van der Waals surface area contributed by atoms with Crippen molar-refractivity contribution in [2.45, 2.75) is 19.1 Å². The number of carbonyl (C=O) groups is 2. The van der Waals surface area contributed by atoms with Gasteiger partial charge < -0.3 is 14.5 Å². The van der Waals surface area contributed by atoms with Gasteiger partial charge in [-0.3, -0.25) is 4.79 Å². The molecule has 11 heteroatoms. The second-order valence-corrected chi connectivity index (χ2v) is 8.19. The Morgan fingerprint density at radius 2 is 2.07 bits per heavy atom. The molecule has 30 heavy (non-hydrogen) atoms. The number of thioether (sulfide) groups is 1. The van der Waals surface area contributed by atoms with Gasteiger partial charge >= 0.3 is 5.97 Å². The number of carbonyl (C=O) groups excluding carboxylic acids is 2. The molecular formula is C19H15ClN4O4S2. The summed E-state index contributed by atoms with van der Waals surface area (Å²) in [6.45, 7) is 3.56. The normalized spacial score (nSPS) is 10.5. The lowest BCUT2D eigenvalue weighted by atomic mass is 10.2. The highest BCUT2D eigenvalue weighted by Gasteiger charge is 2.22. The third kappa shape index (κ3) is 4.99. The maximum atomic E-state index is 12.3. The number of anilines is 1. The Labute approximate surface area is 185 Å². The number of esters is 1. The van der Waals surface area contributed by atoms with Crippen LogP contribution in [-0.2, 0) is 9.53 Å². The van der Waals surface area contributed by atoms with Gasteiger partial charge in [0.1, 0.15) is 15.9 Å². The molecule has 154 valence electrons. The van der Waals surface area contributed by atoms with E-state index < -0.39 is 5.97 Å². The first-order valence-electron chi connectivity index (χ1n) is 8.65. The molecule has 2 heterocycles. The Balaban J connectivity index is 1.64. The van der Waals surface area contributed by atoms with Gasteiger partial charge in [0.15, 0.2) is 0 Å². The number of nitriles is 1. The van der Waals surface area contributed by atoms with E-state index in [1.807, 2.05) is 6.07 Å². The van der Waals surface area contributed by atoms with Gasteiger partial charge in [-0.25, -0.2) is 4.79 Å². The van der Waals surface area contributed by atoms with Gasteiger partial charge in [0.25, 0.3) is 5.22 Å². The Bertz CT molecular complexity index is 1120. The predicted molar refractivity (Wildman–Crippen MR) is 114 cm³/mol. The number of hydrogen-bond acceptors (Lipinski definition) is 9. The summed E-state index contributed by atoms with van der Waals surface area (Å²) in [5.41, 5.74) is 1.43. The molecule has 0 aliphatic carbocycles. The summed E-state index contributed by atoms with van der Waals surface area (Å²) in [5, 5.41) is 21.0. The van der Waals surface area contributed by atoms with Crippen molar-refractivity contribution in [2.75, 3.05) is 17.7 Å². The molecule has 8 nitrogen and oxygen atoms in total. The maximum absolute atomic E-state index is 12.3. The van der Waals surface area contributed by atoms with Gasteiger partial charge in [-0.1, -0.05) is 23.4 Å². The summed E-state index contributed by atoms with van der Waals surface area (Å²) in [6, 6.07) is 8.94. The zero-order chi connectivity index (χ0) is 21.7. The number of halogens is 1. The molecular weight excluding hydrogens is 448 g/mol. The summed E-state index contributed by atoms with van der Waals surface area (Å²) in [6.07, 6.45) is 0. The van der Waals surface area contributed by atoms with Gasteiger partial charge in [0.05, 0.1) is 17.9 Å². The summed E-state index contributed by atoms with van der Waals surface area (Å²) in [4.78, 5) is 24.6. The number of aromatic nitrogens is 2. The van der Waals surface area contributed by atoms with E-state index in [2.05, 4.69) is 15.5 Å². The smallest absolute Gasteiger partial charge is 0.348 e. The number of rotatable bonds is 7. The fourth-order valence-electron chi connectivity index (χ4n) is 2.39. The van der Waals surface area contributed by atoms with Crippen molar-refractivity contribution in [1.29, 1.82) is 5.26 Å². The van der Waals surface area contributed by atoms with Gasteiger partial charge in [-0.05, 0) is 43.7 Å². The predicted octanol–water partition coefficient (Wildman–Crippen LogP) is 4.54. The van der Waals surface area contributed by atoms with Crippen LogP contribution in [0.25, 0.3) is 11.5 Å². The van der Waals surface area contributed by atoms with Crippen LogP contribution >= 0.6 is 34.7 Å². The number of nitrogens with one attached hydrogen (secondary N) is 1. The first-order valence-corrected chi connectivity index (χ1v) is 10.8. The number of hydrogen-bond donors (Lipinski definition) is 1. The van der Waals surface area contributed by atoms with Crippen LogP contribution in [0.1, 0.15) is 27.7 Å². The molecule has 0 aliphatic rings. The molecule has 0 saturated carbocycles. The number of amides is 1. The Morgan fingerprint density at radius 3 is 2.73 bits per heavy atom. The van der Waals surface area contributed by atoms with Crippen LogP contribution in [0.15, 0.2) is 33.9 Å². The summed E-state index contributed by atoms with van der Waals surface area (Å²) < 4.78 is 10.5. The van der Waals surface area contributed by atoms with Gasteiger partial charge in [-0.15, -0.1) is 21.5 Å². The van der Waals surface area contributed by atoms with E-state index in [1.165, 1.54) is 0 Å². The fraction of sp³-hybridized carbons (Fsp3) is 0.211. The van der Waals surface area contributed by atoms with Crippen molar-refractivity contribution in [3.8, 4) is 17.5 Å². The topological polar surface area (TPSA) is 118 Å². The lowest BCUT2D eigenvalue weighted by Gasteiger charge is -2.01. The van der Waals surface area contributed by atoms with E-state index >= 15 is 0 Å². The van der Waals surface area contributed by atoms with Crippen LogP contribution in [-0.4, -0.2) is 34.4 Å². The molecule has 0 atom stereocenters. The maximum Gasteiger partial charge on any atom is 0.348 e. The van der Waals surface area contributed by atoms with Gasteiger partial charge in [-0.2, -0.15) is 5.26 Å². The van der Waals surface area contributed by atoms with Crippen LogP contribution in [0.5, 0.6) is 0 Å². The average molecular weight is 463 g/mol. The first-order chi connectivity index (χ1) is 14.4. The SMILES string of the molecule is CCOC(=O)c1sc(NC(=O)CSc2nnc(-c3ccc(Cl)cc3)o2)c(C#N)c1C. The van der Waals surface area contributed by atoms with Crippen molar-refractivity contribution in [3.63, 3.8) is 0 Å². The molecule has 3 rings (SSSR count). The Kier molecular flexibility index (Phi) is 7.10. The van der Waals surface area contributed by atoms with Crippen molar-refractivity contribution >= 4 is 51.6 Å². The molecule has 0 aliphatic heterocycles. The molecule has 0 unspecified atom stereocenters. The zero-order valence-electron chi connectivity index (χ0n) is 15.9. The standard InChI is InChI=1S/C19H15ClN4O4S2/c1-3-27-18(26)15-10(2)13(8-21)17(30-15)22-14(25)9-29-19-24-23-16(28-19)11-4-6-12(20)7-5-11/h4-7H,3,9H2,1-2H3,(H,22,25). The van der Waals surface area contributed by atoms with Crippen LogP contribution in [0.2, 0.25) is 5.02 Å². The van der Waals surface area contributed by atoms with E-state index in [9.17, 15) is 14.9 Å². The Hall–Kier alpha value is -2.87. The van der Waals surface area contributed by atoms with Crippen molar-refractivity contribution in [1.82, 2.24) is 10.2 Å². The van der Waals surface area contributed by atoms with E-state index in [4.69, 9.17) is 20.8 Å². The minimum absolute atomic E-state index is 0.0151. The highest BCUT2D eigenvalue weighted by atomic mass is 35.5. The van der Waals surface area contributed by atoms with Crippen LogP contribution < -0.4 is 5.32 Å². The van der Waals surface area contributed by atoms with Crippen molar-refractivity contribution in [3.05, 3.63) is 45.3 Å². The largest absolute Gasteiger partial charge is 0.462 e. The van der Waals surface area contributed by atoms with Crippen LogP contribution in [0, 0.1) is 18.3 Å². The van der Waals surface area contributed by atoms with Crippen LogP contribution in [0.4, 0.5) is 5.00 Å². The second-order valence-electron chi connectivity index (χ2n) is 5.81. The second kappa shape index (κ2) is 9.75.